The molecule has 0 spiro atoms. The van der Waals surface area contributed by atoms with Crippen LogP contribution in [0.4, 0.5) is 0 Å². The van der Waals surface area contributed by atoms with E-state index in [2.05, 4.69) is 24.0 Å². The number of hydrogen-bond acceptors (Lipinski definition) is 3. The maximum atomic E-state index is 9.94. The molecule has 0 aromatic heterocycles. The van der Waals surface area contributed by atoms with E-state index in [1.807, 2.05) is 12.1 Å². The largest absolute Gasteiger partial charge is 0.493 e. The number of β-amino-alcohol motifs (C(OH)–C–C–N with tert-alkyl or cyclic N) is 1. The lowest BCUT2D eigenvalue weighted by molar-refractivity contribution is 0.0260. The third-order valence-corrected chi connectivity index (χ3v) is 4.28. The first-order valence-electron chi connectivity index (χ1n) is 6.86. The van der Waals surface area contributed by atoms with Gasteiger partial charge in [0.2, 0.25) is 0 Å². The number of ether oxygens (including phenoxy) is 1. The van der Waals surface area contributed by atoms with Crippen LogP contribution in [-0.4, -0.2) is 42.4 Å². The van der Waals surface area contributed by atoms with Gasteiger partial charge in [0.25, 0.3) is 0 Å². The van der Waals surface area contributed by atoms with Gasteiger partial charge in [-0.1, -0.05) is 25.1 Å². The zero-order valence-corrected chi connectivity index (χ0v) is 10.9. The molecule has 18 heavy (non-hydrogen) atoms. The van der Waals surface area contributed by atoms with Crippen LogP contribution in [0.2, 0.25) is 0 Å². The van der Waals surface area contributed by atoms with Gasteiger partial charge in [-0.2, -0.15) is 0 Å². The number of fused-ring (bicyclic) bond motifs is 1. The summed E-state index contributed by atoms with van der Waals surface area (Å²) in [4.78, 5) is 2.38. The van der Waals surface area contributed by atoms with Crippen LogP contribution in [-0.2, 0) is 0 Å². The minimum Gasteiger partial charge on any atom is -0.493 e. The zero-order valence-electron chi connectivity index (χ0n) is 10.9. The molecule has 0 radical (unpaired) electrons. The molecule has 98 valence electrons. The molecular formula is C15H21NO2. The molecule has 0 amide bonds. The third kappa shape index (κ3) is 2.25. The van der Waals surface area contributed by atoms with Crippen LogP contribution in [0.15, 0.2) is 24.3 Å². The molecule has 1 aromatic carbocycles. The van der Waals surface area contributed by atoms with Gasteiger partial charge < -0.3 is 14.7 Å². The monoisotopic (exact) mass is 247 g/mol. The Hall–Kier alpha value is -1.06. The van der Waals surface area contributed by atoms with Crippen molar-refractivity contribution in [3.63, 3.8) is 0 Å². The molecule has 1 fully saturated rings. The highest BCUT2D eigenvalue weighted by atomic mass is 16.5. The first kappa shape index (κ1) is 12.0. The normalized spacial score (nSPS) is 32.0. The van der Waals surface area contributed by atoms with Crippen molar-refractivity contribution >= 4 is 0 Å². The van der Waals surface area contributed by atoms with Crippen molar-refractivity contribution in [3.8, 4) is 5.75 Å². The second kappa shape index (κ2) is 4.90. The van der Waals surface area contributed by atoms with Gasteiger partial charge in [0.1, 0.15) is 5.75 Å². The highest BCUT2D eigenvalue weighted by Crippen LogP contribution is 2.34. The van der Waals surface area contributed by atoms with Gasteiger partial charge in [-0.15, -0.1) is 0 Å². The van der Waals surface area contributed by atoms with E-state index in [-0.39, 0.29) is 6.10 Å². The number of para-hydroxylation sites is 1. The van der Waals surface area contributed by atoms with E-state index in [1.165, 1.54) is 5.56 Å². The van der Waals surface area contributed by atoms with Crippen LogP contribution >= 0.6 is 0 Å². The van der Waals surface area contributed by atoms with Crippen molar-refractivity contribution in [2.24, 2.45) is 5.92 Å². The fraction of sp³-hybridized carbons (Fsp3) is 0.600. The Morgan fingerprint density at radius 2 is 2.22 bits per heavy atom. The summed E-state index contributed by atoms with van der Waals surface area (Å²) in [6.07, 6.45) is 0.924. The predicted molar refractivity (Wildman–Crippen MR) is 70.9 cm³/mol. The molecule has 0 saturated carbocycles. The van der Waals surface area contributed by atoms with E-state index in [0.717, 1.165) is 38.4 Å². The average molecular weight is 247 g/mol. The quantitative estimate of drug-likeness (QED) is 0.866. The first-order chi connectivity index (χ1) is 8.74. The fourth-order valence-electron chi connectivity index (χ4n) is 2.97. The molecule has 1 N–H and O–H groups in total. The summed E-state index contributed by atoms with van der Waals surface area (Å²) >= 11 is 0. The van der Waals surface area contributed by atoms with Crippen molar-refractivity contribution in [1.29, 1.82) is 0 Å². The van der Waals surface area contributed by atoms with Crippen LogP contribution in [0.5, 0.6) is 5.75 Å². The van der Waals surface area contributed by atoms with E-state index in [0.29, 0.717) is 11.8 Å². The number of aliphatic hydroxyl groups is 1. The summed E-state index contributed by atoms with van der Waals surface area (Å²) in [5, 5.41) is 9.94. The smallest absolute Gasteiger partial charge is 0.122 e. The summed E-state index contributed by atoms with van der Waals surface area (Å²) < 4.78 is 5.71. The molecule has 0 bridgehead atoms. The van der Waals surface area contributed by atoms with Crippen LogP contribution in [0.3, 0.4) is 0 Å². The molecule has 2 aliphatic heterocycles. The summed E-state index contributed by atoms with van der Waals surface area (Å²) in [6, 6.07) is 8.31. The second-order valence-electron chi connectivity index (χ2n) is 5.64. The zero-order chi connectivity index (χ0) is 12.5. The van der Waals surface area contributed by atoms with E-state index in [1.54, 1.807) is 0 Å². The third-order valence-electron chi connectivity index (χ3n) is 4.28. The minimum absolute atomic E-state index is 0.170. The van der Waals surface area contributed by atoms with Gasteiger partial charge in [-0.3, -0.25) is 0 Å². The fourth-order valence-corrected chi connectivity index (χ4v) is 2.97. The van der Waals surface area contributed by atoms with Crippen LogP contribution < -0.4 is 4.74 Å². The Balaban J connectivity index is 1.65. The van der Waals surface area contributed by atoms with Gasteiger partial charge in [0.05, 0.1) is 12.7 Å². The van der Waals surface area contributed by atoms with Crippen LogP contribution in [0, 0.1) is 5.92 Å². The number of benzene rings is 1. The maximum absolute atomic E-state index is 9.94. The van der Waals surface area contributed by atoms with Crippen molar-refractivity contribution in [2.45, 2.75) is 25.4 Å². The molecule has 1 saturated heterocycles. The van der Waals surface area contributed by atoms with E-state index in [4.69, 9.17) is 4.74 Å². The molecule has 3 rings (SSSR count). The Labute approximate surface area is 108 Å². The van der Waals surface area contributed by atoms with E-state index in [9.17, 15) is 5.11 Å². The Bertz CT molecular complexity index is 421. The van der Waals surface area contributed by atoms with E-state index < -0.39 is 0 Å². The molecule has 3 nitrogen and oxygen atoms in total. The van der Waals surface area contributed by atoms with Gasteiger partial charge >= 0.3 is 0 Å². The van der Waals surface area contributed by atoms with E-state index >= 15 is 0 Å². The summed E-state index contributed by atoms with van der Waals surface area (Å²) in [6.45, 7) is 5.81. The van der Waals surface area contributed by atoms with Crippen molar-refractivity contribution in [1.82, 2.24) is 4.90 Å². The molecule has 3 unspecified atom stereocenters. The van der Waals surface area contributed by atoms with Gasteiger partial charge in [-0.05, 0) is 24.9 Å². The Morgan fingerprint density at radius 3 is 3.06 bits per heavy atom. The lowest BCUT2D eigenvalue weighted by atomic mass is 9.94. The second-order valence-corrected chi connectivity index (χ2v) is 5.64. The van der Waals surface area contributed by atoms with Crippen molar-refractivity contribution < 1.29 is 9.84 Å². The Morgan fingerprint density at radius 1 is 1.39 bits per heavy atom. The maximum Gasteiger partial charge on any atom is 0.122 e. The molecule has 2 aliphatic rings. The first-order valence-corrected chi connectivity index (χ1v) is 6.86. The number of likely N-dealkylation sites (tertiary alicyclic amines) is 1. The number of piperidine rings is 1. The van der Waals surface area contributed by atoms with Crippen LogP contribution in [0.25, 0.3) is 0 Å². The van der Waals surface area contributed by atoms with Crippen molar-refractivity contribution in [2.75, 3.05) is 26.2 Å². The lowest BCUT2D eigenvalue weighted by Crippen LogP contribution is -2.44. The van der Waals surface area contributed by atoms with Gasteiger partial charge in [0.15, 0.2) is 0 Å². The molecule has 3 atom stereocenters. The number of rotatable bonds is 2. The summed E-state index contributed by atoms with van der Waals surface area (Å²) in [5.41, 5.74) is 1.32. The molecule has 1 aromatic rings. The number of aliphatic hydroxyl groups excluding tert-OH is 1. The summed E-state index contributed by atoms with van der Waals surface area (Å²) in [5.74, 6) is 1.93. The van der Waals surface area contributed by atoms with Gasteiger partial charge in [-0.25, -0.2) is 0 Å². The highest BCUT2D eigenvalue weighted by Gasteiger charge is 2.29. The highest BCUT2D eigenvalue weighted by molar-refractivity contribution is 5.39. The standard InChI is InChI=1S/C15H21NO2/c1-11-6-7-16(9-14(11)17)8-12-10-18-15-5-3-2-4-13(12)15/h2-5,11-12,14,17H,6-10H2,1H3. The summed E-state index contributed by atoms with van der Waals surface area (Å²) in [7, 11) is 0. The molecular weight excluding hydrogens is 226 g/mol. The average Bonchev–Trinajstić information content (AvgIpc) is 2.78. The number of nitrogens with zero attached hydrogens (tertiary/aromatic N) is 1. The molecule has 2 heterocycles. The topological polar surface area (TPSA) is 32.7 Å². The van der Waals surface area contributed by atoms with Crippen molar-refractivity contribution in [3.05, 3.63) is 29.8 Å². The minimum atomic E-state index is -0.170. The molecule has 0 aliphatic carbocycles. The lowest BCUT2D eigenvalue weighted by Gasteiger charge is -2.35. The Kier molecular flexibility index (Phi) is 3.27. The number of hydrogen-bond donors (Lipinski definition) is 1. The SMILES string of the molecule is CC1CCN(CC2COc3ccccc32)CC1O. The molecule has 3 heteroatoms. The predicted octanol–water partition coefficient (Wildman–Crippen LogP) is 1.87. The van der Waals surface area contributed by atoms with Gasteiger partial charge in [0, 0.05) is 24.6 Å². The van der Waals surface area contributed by atoms with Crippen LogP contribution in [0.1, 0.15) is 24.8 Å².